The molecule has 0 saturated heterocycles. The number of carbonyl (C=O) groups excluding carboxylic acids is 1. The number of nitrogens with zero attached hydrogens (tertiary/aromatic N) is 1. The second-order valence-electron chi connectivity index (χ2n) is 6.11. The Hall–Kier alpha value is -2.58. The average Bonchev–Trinajstić information content (AvgIpc) is 2.67. The van der Waals surface area contributed by atoms with E-state index in [1.54, 1.807) is 32.4 Å². The van der Waals surface area contributed by atoms with E-state index in [1.807, 2.05) is 6.92 Å². The Morgan fingerprint density at radius 3 is 2.19 bits per heavy atom. The van der Waals surface area contributed by atoms with Crippen LogP contribution in [0.5, 0.6) is 11.5 Å². The number of hydrogen-bond donors (Lipinski definition) is 1. The van der Waals surface area contributed by atoms with E-state index < -0.39 is 10.0 Å². The Bertz CT molecular complexity index is 908. The molecular formula is C19H24N2O5S. The summed E-state index contributed by atoms with van der Waals surface area (Å²) >= 11 is 0. The van der Waals surface area contributed by atoms with Crippen LogP contribution in [0.25, 0.3) is 0 Å². The van der Waals surface area contributed by atoms with E-state index in [0.717, 1.165) is 9.87 Å². The van der Waals surface area contributed by atoms with Gasteiger partial charge in [-0.15, -0.1) is 0 Å². The molecule has 2 aromatic rings. The number of rotatable bonds is 7. The molecule has 0 aliphatic heterocycles. The number of carbonyl (C=O) groups is 1. The number of ether oxygens (including phenoxy) is 2. The molecule has 1 N–H and O–H groups in total. The van der Waals surface area contributed by atoms with Crippen molar-refractivity contribution in [3.63, 3.8) is 0 Å². The van der Waals surface area contributed by atoms with Crippen LogP contribution in [0.4, 0.5) is 0 Å². The van der Waals surface area contributed by atoms with Crippen LogP contribution in [0.2, 0.25) is 0 Å². The first-order valence-electron chi connectivity index (χ1n) is 8.26. The summed E-state index contributed by atoms with van der Waals surface area (Å²) in [5, 5.41) is 2.89. The average molecular weight is 392 g/mol. The lowest BCUT2D eigenvalue weighted by Gasteiger charge is -2.18. The van der Waals surface area contributed by atoms with E-state index in [1.165, 1.54) is 38.4 Å². The first-order chi connectivity index (χ1) is 12.7. The van der Waals surface area contributed by atoms with Crippen LogP contribution >= 0.6 is 0 Å². The zero-order valence-corrected chi connectivity index (χ0v) is 16.8. The predicted octanol–water partition coefficient (Wildman–Crippen LogP) is 2.45. The Balaban J connectivity index is 2.20. The first-order valence-corrected chi connectivity index (χ1v) is 9.70. The number of amides is 1. The van der Waals surface area contributed by atoms with Crippen molar-refractivity contribution in [1.82, 2.24) is 9.62 Å². The Morgan fingerprint density at radius 2 is 1.67 bits per heavy atom. The lowest BCUT2D eigenvalue weighted by atomic mass is 10.1. The van der Waals surface area contributed by atoms with Gasteiger partial charge < -0.3 is 14.8 Å². The lowest BCUT2D eigenvalue weighted by molar-refractivity contribution is 0.0939. The lowest BCUT2D eigenvalue weighted by Crippen LogP contribution is -2.27. The van der Waals surface area contributed by atoms with E-state index in [0.29, 0.717) is 17.1 Å². The van der Waals surface area contributed by atoms with Crippen molar-refractivity contribution in [2.45, 2.75) is 17.9 Å². The van der Waals surface area contributed by atoms with Gasteiger partial charge in [-0.3, -0.25) is 4.79 Å². The summed E-state index contributed by atoms with van der Waals surface area (Å²) in [5.74, 6) is 0.974. The smallest absolute Gasteiger partial charge is 0.251 e. The van der Waals surface area contributed by atoms with E-state index >= 15 is 0 Å². The molecule has 0 aliphatic rings. The highest BCUT2D eigenvalue weighted by Crippen LogP contribution is 2.29. The minimum absolute atomic E-state index is 0.131. The summed E-state index contributed by atoms with van der Waals surface area (Å²) in [4.78, 5) is 12.7. The predicted molar refractivity (Wildman–Crippen MR) is 103 cm³/mol. The number of methoxy groups -OCH3 is 2. The molecule has 146 valence electrons. The van der Waals surface area contributed by atoms with Crippen LogP contribution in [-0.2, 0) is 10.0 Å². The fourth-order valence-electron chi connectivity index (χ4n) is 2.52. The summed E-state index contributed by atoms with van der Waals surface area (Å²) in [6.07, 6.45) is 0. The van der Waals surface area contributed by atoms with Crippen LogP contribution < -0.4 is 14.8 Å². The maximum absolute atomic E-state index is 12.5. The molecule has 0 fully saturated rings. The van der Waals surface area contributed by atoms with Gasteiger partial charge >= 0.3 is 0 Å². The molecule has 27 heavy (non-hydrogen) atoms. The fraction of sp³-hybridized carbons (Fsp3) is 0.316. The van der Waals surface area contributed by atoms with Crippen LogP contribution in [0, 0.1) is 0 Å². The normalized spacial score (nSPS) is 12.5. The maximum Gasteiger partial charge on any atom is 0.251 e. The molecule has 0 radical (unpaired) electrons. The van der Waals surface area contributed by atoms with Gasteiger partial charge in [-0.25, -0.2) is 12.7 Å². The monoisotopic (exact) mass is 392 g/mol. The minimum atomic E-state index is -3.53. The van der Waals surface area contributed by atoms with Gasteiger partial charge in [-0.2, -0.15) is 0 Å². The number of nitrogens with one attached hydrogen (secondary N) is 1. The van der Waals surface area contributed by atoms with E-state index in [2.05, 4.69) is 5.32 Å². The van der Waals surface area contributed by atoms with Gasteiger partial charge in [-0.05, 0) is 49.4 Å². The Labute approximate surface area is 160 Å². The molecule has 0 bridgehead atoms. The summed E-state index contributed by atoms with van der Waals surface area (Å²) in [6.45, 7) is 1.83. The summed E-state index contributed by atoms with van der Waals surface area (Å²) in [7, 11) is 2.51. The summed E-state index contributed by atoms with van der Waals surface area (Å²) in [5.41, 5.74) is 1.14. The fourth-order valence-corrected chi connectivity index (χ4v) is 3.43. The molecule has 0 heterocycles. The van der Waals surface area contributed by atoms with Gasteiger partial charge in [0, 0.05) is 25.2 Å². The molecule has 2 rings (SSSR count). The molecule has 2 aromatic carbocycles. The van der Waals surface area contributed by atoms with Crippen molar-refractivity contribution < 1.29 is 22.7 Å². The second-order valence-corrected chi connectivity index (χ2v) is 8.27. The van der Waals surface area contributed by atoms with E-state index in [9.17, 15) is 13.2 Å². The van der Waals surface area contributed by atoms with Crippen LogP contribution in [-0.4, -0.2) is 46.9 Å². The molecule has 1 atom stereocenters. The highest BCUT2D eigenvalue weighted by Gasteiger charge is 2.19. The maximum atomic E-state index is 12.5. The van der Waals surface area contributed by atoms with Gasteiger partial charge in [-0.1, -0.05) is 0 Å². The Morgan fingerprint density at radius 1 is 1.04 bits per heavy atom. The zero-order valence-electron chi connectivity index (χ0n) is 16.0. The number of sulfonamides is 1. The molecular weight excluding hydrogens is 368 g/mol. The largest absolute Gasteiger partial charge is 0.497 e. The van der Waals surface area contributed by atoms with E-state index in [4.69, 9.17) is 9.47 Å². The minimum Gasteiger partial charge on any atom is -0.497 e. The third-order valence-electron chi connectivity index (χ3n) is 4.15. The van der Waals surface area contributed by atoms with Crippen molar-refractivity contribution in [3.8, 4) is 11.5 Å². The van der Waals surface area contributed by atoms with Crippen LogP contribution in [0.1, 0.15) is 28.9 Å². The Kier molecular flexibility index (Phi) is 6.45. The number of hydrogen-bond acceptors (Lipinski definition) is 5. The summed E-state index contributed by atoms with van der Waals surface area (Å²) < 4.78 is 35.9. The molecule has 8 heteroatoms. The quantitative estimate of drug-likeness (QED) is 0.782. The SMILES string of the molecule is COc1ccc(OC)c([C@H](C)NC(=O)c2ccc(S(=O)(=O)N(C)C)cc2)c1. The topological polar surface area (TPSA) is 84.9 Å². The highest BCUT2D eigenvalue weighted by atomic mass is 32.2. The molecule has 0 spiro atoms. The third-order valence-corrected chi connectivity index (χ3v) is 5.98. The molecule has 0 aromatic heterocycles. The van der Waals surface area contributed by atoms with Crippen molar-refractivity contribution in [1.29, 1.82) is 0 Å². The molecule has 7 nitrogen and oxygen atoms in total. The molecule has 0 unspecified atom stereocenters. The first kappa shape index (κ1) is 20.7. The highest BCUT2D eigenvalue weighted by molar-refractivity contribution is 7.89. The van der Waals surface area contributed by atoms with Crippen molar-refractivity contribution in [2.24, 2.45) is 0 Å². The van der Waals surface area contributed by atoms with Gasteiger partial charge in [0.1, 0.15) is 11.5 Å². The van der Waals surface area contributed by atoms with Gasteiger partial charge in [0.05, 0.1) is 25.2 Å². The second kappa shape index (κ2) is 8.41. The van der Waals surface area contributed by atoms with Crippen molar-refractivity contribution in [3.05, 3.63) is 53.6 Å². The van der Waals surface area contributed by atoms with Gasteiger partial charge in [0.2, 0.25) is 10.0 Å². The zero-order chi connectivity index (χ0) is 20.2. The third kappa shape index (κ3) is 4.58. The molecule has 1 amide bonds. The molecule has 0 saturated carbocycles. The summed E-state index contributed by atoms with van der Waals surface area (Å²) in [6, 6.07) is 10.8. The molecule has 0 aliphatic carbocycles. The van der Waals surface area contributed by atoms with Gasteiger partial charge in [0.25, 0.3) is 5.91 Å². The van der Waals surface area contributed by atoms with Crippen molar-refractivity contribution in [2.75, 3.05) is 28.3 Å². The van der Waals surface area contributed by atoms with Crippen molar-refractivity contribution >= 4 is 15.9 Å². The number of benzene rings is 2. The van der Waals surface area contributed by atoms with Crippen LogP contribution in [0.15, 0.2) is 47.4 Å². The standard InChI is InChI=1S/C19H24N2O5S/c1-13(17-12-15(25-4)8-11-18(17)26-5)20-19(22)14-6-9-16(10-7-14)27(23,24)21(2)3/h6-13H,1-5H3,(H,20,22)/t13-/m0/s1. The van der Waals surface area contributed by atoms with E-state index in [-0.39, 0.29) is 16.8 Å². The van der Waals surface area contributed by atoms with Crippen LogP contribution in [0.3, 0.4) is 0 Å². The van der Waals surface area contributed by atoms with Gasteiger partial charge in [0.15, 0.2) is 0 Å².